The fraction of sp³-hybridized carbons (Fsp3) is 0. The first-order valence-electron chi connectivity index (χ1n) is 3.83. The molecule has 2 nitrogen and oxygen atoms in total. The van der Waals surface area contributed by atoms with Crippen molar-refractivity contribution in [3.63, 3.8) is 0 Å². The molecular weight excluding hydrogens is 270 g/mol. The highest BCUT2D eigenvalue weighted by Crippen LogP contribution is 2.24. The molecule has 0 amide bonds. The SMILES string of the molecule is Fc1ccc(-n2ncc(Br)c2Cl)cc1. The van der Waals surface area contributed by atoms with Crippen molar-refractivity contribution in [3.05, 3.63) is 45.9 Å². The zero-order valence-corrected chi connectivity index (χ0v) is 9.26. The van der Waals surface area contributed by atoms with Gasteiger partial charge in [-0.25, -0.2) is 9.07 Å². The first-order valence-corrected chi connectivity index (χ1v) is 5.00. The molecule has 5 heteroatoms. The van der Waals surface area contributed by atoms with Crippen molar-refractivity contribution < 1.29 is 4.39 Å². The van der Waals surface area contributed by atoms with Crippen LogP contribution < -0.4 is 0 Å². The van der Waals surface area contributed by atoms with E-state index < -0.39 is 0 Å². The van der Waals surface area contributed by atoms with Crippen LogP contribution in [0, 0.1) is 5.82 Å². The Balaban J connectivity index is 2.49. The average Bonchev–Trinajstić information content (AvgIpc) is 2.50. The second-order valence-corrected chi connectivity index (χ2v) is 3.88. The minimum absolute atomic E-state index is 0.281. The van der Waals surface area contributed by atoms with E-state index in [0.717, 1.165) is 5.69 Å². The van der Waals surface area contributed by atoms with E-state index in [0.29, 0.717) is 9.63 Å². The van der Waals surface area contributed by atoms with Gasteiger partial charge in [0.25, 0.3) is 0 Å². The summed E-state index contributed by atoms with van der Waals surface area (Å²) in [4.78, 5) is 0. The topological polar surface area (TPSA) is 17.8 Å². The maximum Gasteiger partial charge on any atom is 0.147 e. The fourth-order valence-electron chi connectivity index (χ4n) is 1.08. The molecule has 0 atom stereocenters. The van der Waals surface area contributed by atoms with E-state index in [1.54, 1.807) is 18.3 Å². The normalized spacial score (nSPS) is 10.5. The van der Waals surface area contributed by atoms with Gasteiger partial charge >= 0.3 is 0 Å². The Hall–Kier alpha value is -0.870. The average molecular weight is 276 g/mol. The third kappa shape index (κ3) is 1.67. The summed E-state index contributed by atoms with van der Waals surface area (Å²) in [6.45, 7) is 0. The van der Waals surface area contributed by atoms with Gasteiger partial charge in [-0.1, -0.05) is 11.6 Å². The quantitative estimate of drug-likeness (QED) is 0.780. The van der Waals surface area contributed by atoms with Crippen molar-refractivity contribution in [3.8, 4) is 5.69 Å². The Labute approximate surface area is 93.4 Å². The lowest BCUT2D eigenvalue weighted by Gasteiger charge is -2.01. The molecule has 0 aliphatic heterocycles. The summed E-state index contributed by atoms with van der Waals surface area (Å²) in [5.74, 6) is -0.281. The zero-order chi connectivity index (χ0) is 10.1. The summed E-state index contributed by atoms with van der Waals surface area (Å²) < 4.78 is 14.9. The molecule has 0 unspecified atom stereocenters. The Morgan fingerprint density at radius 1 is 1.29 bits per heavy atom. The highest BCUT2D eigenvalue weighted by Gasteiger charge is 2.07. The van der Waals surface area contributed by atoms with Crippen molar-refractivity contribution >= 4 is 27.5 Å². The smallest absolute Gasteiger partial charge is 0.147 e. The first kappa shape index (κ1) is 9.68. The van der Waals surface area contributed by atoms with Gasteiger partial charge in [0.2, 0.25) is 0 Å². The third-order valence-corrected chi connectivity index (χ3v) is 2.91. The van der Waals surface area contributed by atoms with Crippen LogP contribution in [0.25, 0.3) is 5.69 Å². The molecule has 2 rings (SSSR count). The summed E-state index contributed by atoms with van der Waals surface area (Å²) in [5, 5.41) is 4.50. The van der Waals surface area contributed by atoms with E-state index in [-0.39, 0.29) is 5.82 Å². The molecule has 1 aromatic heterocycles. The van der Waals surface area contributed by atoms with E-state index in [4.69, 9.17) is 11.6 Å². The van der Waals surface area contributed by atoms with Crippen LogP contribution in [0.4, 0.5) is 4.39 Å². The Bertz CT molecular complexity index is 452. The molecule has 0 aliphatic rings. The molecule has 1 aromatic carbocycles. The fourth-order valence-corrected chi connectivity index (χ4v) is 1.53. The van der Waals surface area contributed by atoms with Gasteiger partial charge in [-0.2, -0.15) is 5.10 Å². The molecule has 2 aromatic rings. The molecule has 0 saturated heterocycles. The number of rotatable bonds is 1. The Morgan fingerprint density at radius 3 is 2.43 bits per heavy atom. The molecule has 0 aliphatic carbocycles. The molecular formula is C9H5BrClFN2. The van der Waals surface area contributed by atoms with E-state index in [9.17, 15) is 4.39 Å². The van der Waals surface area contributed by atoms with Crippen molar-refractivity contribution in [1.82, 2.24) is 9.78 Å². The number of aromatic nitrogens is 2. The summed E-state index contributed by atoms with van der Waals surface area (Å²) in [5.41, 5.74) is 0.724. The molecule has 1 heterocycles. The molecule has 0 bridgehead atoms. The number of hydrogen-bond acceptors (Lipinski definition) is 1. The van der Waals surface area contributed by atoms with Crippen LogP contribution in [0.2, 0.25) is 5.15 Å². The van der Waals surface area contributed by atoms with Gasteiger partial charge in [0.1, 0.15) is 11.0 Å². The largest absolute Gasteiger partial charge is 0.221 e. The predicted octanol–water partition coefficient (Wildman–Crippen LogP) is 3.43. The number of hydrogen-bond donors (Lipinski definition) is 0. The lowest BCUT2D eigenvalue weighted by Crippen LogP contribution is -1.95. The third-order valence-electron chi connectivity index (χ3n) is 1.74. The highest BCUT2D eigenvalue weighted by atomic mass is 79.9. The van der Waals surface area contributed by atoms with Crippen molar-refractivity contribution in [2.24, 2.45) is 0 Å². The van der Waals surface area contributed by atoms with E-state index >= 15 is 0 Å². The van der Waals surface area contributed by atoms with Gasteiger partial charge in [-0.15, -0.1) is 0 Å². The first-order chi connectivity index (χ1) is 6.68. The zero-order valence-electron chi connectivity index (χ0n) is 6.92. The number of benzene rings is 1. The maximum atomic E-state index is 12.6. The molecule has 0 spiro atoms. The predicted molar refractivity (Wildman–Crippen MR) is 56.2 cm³/mol. The molecule has 0 fully saturated rings. The molecule has 14 heavy (non-hydrogen) atoms. The Kier molecular flexibility index (Phi) is 2.56. The molecule has 0 N–H and O–H groups in total. The van der Waals surface area contributed by atoms with Crippen molar-refractivity contribution in [1.29, 1.82) is 0 Å². The van der Waals surface area contributed by atoms with Crippen molar-refractivity contribution in [2.45, 2.75) is 0 Å². The van der Waals surface area contributed by atoms with Gasteiger partial charge in [0, 0.05) is 0 Å². The Morgan fingerprint density at radius 2 is 1.93 bits per heavy atom. The lowest BCUT2D eigenvalue weighted by molar-refractivity contribution is 0.627. The number of nitrogens with zero attached hydrogens (tertiary/aromatic N) is 2. The lowest BCUT2D eigenvalue weighted by atomic mass is 10.3. The number of halogens is 3. The molecule has 0 radical (unpaired) electrons. The van der Waals surface area contributed by atoms with Crippen LogP contribution in [-0.2, 0) is 0 Å². The van der Waals surface area contributed by atoms with Crippen LogP contribution in [0.1, 0.15) is 0 Å². The standard InChI is InChI=1S/C9H5BrClFN2/c10-8-5-13-14(9(8)11)7-3-1-6(12)2-4-7/h1-5H. The minimum atomic E-state index is -0.281. The summed E-state index contributed by atoms with van der Waals surface area (Å²) in [7, 11) is 0. The minimum Gasteiger partial charge on any atom is -0.221 e. The van der Waals surface area contributed by atoms with Crippen molar-refractivity contribution in [2.75, 3.05) is 0 Å². The van der Waals surface area contributed by atoms with Gasteiger partial charge in [0.05, 0.1) is 16.4 Å². The maximum absolute atomic E-state index is 12.6. The summed E-state index contributed by atoms with van der Waals surface area (Å²) in [6, 6.07) is 5.95. The molecule has 72 valence electrons. The van der Waals surface area contributed by atoms with Gasteiger partial charge < -0.3 is 0 Å². The monoisotopic (exact) mass is 274 g/mol. The van der Waals surface area contributed by atoms with E-state index in [1.165, 1.54) is 16.8 Å². The van der Waals surface area contributed by atoms with Crippen LogP contribution >= 0.6 is 27.5 Å². The highest BCUT2D eigenvalue weighted by molar-refractivity contribution is 9.10. The summed E-state index contributed by atoms with van der Waals surface area (Å²) in [6.07, 6.45) is 1.59. The van der Waals surface area contributed by atoms with E-state index in [1.807, 2.05) is 0 Å². The van der Waals surface area contributed by atoms with Crippen LogP contribution in [0.15, 0.2) is 34.9 Å². The van der Waals surface area contributed by atoms with Crippen LogP contribution in [0.3, 0.4) is 0 Å². The van der Waals surface area contributed by atoms with Crippen LogP contribution in [0.5, 0.6) is 0 Å². The van der Waals surface area contributed by atoms with Gasteiger partial charge in [-0.05, 0) is 40.2 Å². The second kappa shape index (κ2) is 3.71. The van der Waals surface area contributed by atoms with Gasteiger partial charge in [0.15, 0.2) is 0 Å². The second-order valence-electron chi connectivity index (χ2n) is 2.67. The van der Waals surface area contributed by atoms with Crippen LogP contribution in [-0.4, -0.2) is 9.78 Å². The summed E-state index contributed by atoms with van der Waals surface area (Å²) >= 11 is 9.18. The van der Waals surface area contributed by atoms with Gasteiger partial charge in [-0.3, -0.25) is 0 Å². The van der Waals surface area contributed by atoms with E-state index in [2.05, 4.69) is 21.0 Å². The molecule has 0 saturated carbocycles.